The molecule has 0 fully saturated rings. The zero-order chi connectivity index (χ0) is 17.6. The first-order chi connectivity index (χ1) is 11.4. The van der Waals surface area contributed by atoms with Crippen LogP contribution >= 0.6 is 0 Å². The Labute approximate surface area is 135 Å². The highest BCUT2D eigenvalue weighted by atomic mass is 16.5. The molecule has 1 heterocycles. The summed E-state index contributed by atoms with van der Waals surface area (Å²) in [5.41, 5.74) is -0.904. The average molecular weight is 334 g/mol. The van der Waals surface area contributed by atoms with Crippen molar-refractivity contribution in [1.82, 2.24) is 0 Å². The number of phenolic OH excluding ortho intramolecular Hbond substituents is 3. The first-order valence-corrected chi connectivity index (χ1v) is 6.78. The fraction of sp³-hybridized carbons (Fsp3) is 0.188. The van der Waals surface area contributed by atoms with Gasteiger partial charge in [-0.15, -0.1) is 0 Å². The zero-order valence-electron chi connectivity index (χ0n) is 13.0. The monoisotopic (exact) mass is 334 g/mol. The first-order valence-electron chi connectivity index (χ1n) is 6.78. The Balaban J connectivity index is 2.57. The maximum Gasteiger partial charge on any atom is 0.207 e. The minimum atomic E-state index is -0.627. The van der Waals surface area contributed by atoms with Gasteiger partial charge in [-0.05, 0) is 6.07 Å². The van der Waals surface area contributed by atoms with E-state index in [1.165, 1.54) is 27.4 Å². The summed E-state index contributed by atoms with van der Waals surface area (Å²) in [6.45, 7) is 0. The summed E-state index contributed by atoms with van der Waals surface area (Å²) in [7, 11) is 3.92. The molecule has 0 aliphatic heterocycles. The summed E-state index contributed by atoms with van der Waals surface area (Å²) in [5, 5.41) is 30.1. The van der Waals surface area contributed by atoms with Gasteiger partial charge < -0.3 is 33.9 Å². The Bertz CT molecular complexity index is 1020. The van der Waals surface area contributed by atoms with Crippen LogP contribution in [0.2, 0.25) is 0 Å². The number of aromatic hydroxyl groups is 3. The van der Waals surface area contributed by atoms with Crippen molar-refractivity contribution in [1.29, 1.82) is 0 Å². The van der Waals surface area contributed by atoms with Crippen molar-refractivity contribution in [2.24, 2.45) is 0 Å². The molecular formula is C16H14O8. The van der Waals surface area contributed by atoms with Crippen molar-refractivity contribution >= 4 is 21.9 Å². The Morgan fingerprint density at radius 2 is 1.58 bits per heavy atom. The molecule has 8 heteroatoms. The largest absolute Gasteiger partial charge is 0.504 e. The van der Waals surface area contributed by atoms with E-state index in [2.05, 4.69) is 0 Å². The topological polar surface area (TPSA) is 119 Å². The molecule has 1 aromatic heterocycles. The lowest BCUT2D eigenvalue weighted by Crippen LogP contribution is -2.04. The van der Waals surface area contributed by atoms with Gasteiger partial charge in [0.2, 0.25) is 22.7 Å². The number of hydrogen-bond donors (Lipinski definition) is 3. The van der Waals surface area contributed by atoms with Crippen molar-refractivity contribution in [3.05, 3.63) is 22.4 Å². The molecule has 126 valence electrons. The van der Waals surface area contributed by atoms with Crippen LogP contribution in [-0.2, 0) is 0 Å². The first kappa shape index (κ1) is 15.6. The smallest absolute Gasteiger partial charge is 0.207 e. The number of ether oxygens (including phenoxy) is 3. The number of hydrogen-bond acceptors (Lipinski definition) is 8. The molecule has 0 aliphatic carbocycles. The summed E-state index contributed by atoms with van der Waals surface area (Å²) in [6, 6.07) is 2.45. The highest BCUT2D eigenvalue weighted by molar-refractivity contribution is 5.99. The van der Waals surface area contributed by atoms with Crippen molar-refractivity contribution in [2.75, 3.05) is 21.3 Å². The zero-order valence-corrected chi connectivity index (χ0v) is 13.0. The predicted molar refractivity (Wildman–Crippen MR) is 84.6 cm³/mol. The molecule has 0 saturated carbocycles. The summed E-state index contributed by atoms with van der Waals surface area (Å²) in [6.07, 6.45) is 0. The van der Waals surface area contributed by atoms with Crippen molar-refractivity contribution < 1.29 is 33.9 Å². The van der Waals surface area contributed by atoms with E-state index in [-0.39, 0.29) is 39.2 Å². The van der Waals surface area contributed by atoms with Crippen LogP contribution in [0.15, 0.2) is 21.3 Å². The Hall–Kier alpha value is -3.29. The van der Waals surface area contributed by atoms with Crippen molar-refractivity contribution in [2.45, 2.75) is 0 Å². The van der Waals surface area contributed by atoms with Crippen LogP contribution in [0.25, 0.3) is 21.9 Å². The quantitative estimate of drug-likeness (QED) is 0.623. The molecule has 0 spiro atoms. The lowest BCUT2D eigenvalue weighted by Gasteiger charge is -2.13. The summed E-state index contributed by atoms with van der Waals surface area (Å²) < 4.78 is 20.5. The molecule has 0 amide bonds. The van der Waals surface area contributed by atoms with E-state index in [4.69, 9.17) is 18.6 Å². The lowest BCUT2D eigenvalue weighted by atomic mass is 10.1. The second-order valence-corrected chi connectivity index (χ2v) is 4.92. The standard InChI is InChI=1S/C16H14O8/c1-21-9-4-6-11(18)10-8(5-7(17)15(22-2)12(10)19)24-14(6)13(20)16(9)23-3/h4-5,17,19-20H,1-3H3. The van der Waals surface area contributed by atoms with E-state index in [1.54, 1.807) is 0 Å². The number of benzene rings is 2. The number of rotatable bonds is 3. The van der Waals surface area contributed by atoms with Crippen molar-refractivity contribution in [3.63, 3.8) is 0 Å². The van der Waals surface area contributed by atoms with E-state index < -0.39 is 22.7 Å². The molecule has 0 unspecified atom stereocenters. The summed E-state index contributed by atoms with van der Waals surface area (Å²) in [4.78, 5) is 12.7. The number of methoxy groups -OCH3 is 3. The lowest BCUT2D eigenvalue weighted by molar-refractivity contribution is 0.333. The van der Waals surface area contributed by atoms with Crippen LogP contribution in [0.5, 0.6) is 34.5 Å². The average Bonchev–Trinajstić information content (AvgIpc) is 2.55. The normalized spacial score (nSPS) is 11.0. The molecular weight excluding hydrogens is 320 g/mol. The third-order valence-electron chi connectivity index (χ3n) is 3.68. The second-order valence-electron chi connectivity index (χ2n) is 4.92. The van der Waals surface area contributed by atoms with Gasteiger partial charge in [0.1, 0.15) is 11.0 Å². The van der Waals surface area contributed by atoms with E-state index >= 15 is 0 Å². The Morgan fingerprint density at radius 1 is 0.917 bits per heavy atom. The van der Waals surface area contributed by atoms with Gasteiger partial charge in [-0.1, -0.05) is 0 Å². The van der Waals surface area contributed by atoms with Gasteiger partial charge in [0.05, 0.1) is 26.7 Å². The molecule has 3 N–H and O–H groups in total. The van der Waals surface area contributed by atoms with Crippen LogP contribution < -0.4 is 19.6 Å². The van der Waals surface area contributed by atoms with Gasteiger partial charge in [-0.25, -0.2) is 0 Å². The van der Waals surface area contributed by atoms with E-state index in [0.717, 1.165) is 6.07 Å². The van der Waals surface area contributed by atoms with Gasteiger partial charge in [0.15, 0.2) is 22.8 Å². The third-order valence-corrected chi connectivity index (χ3v) is 3.68. The third kappa shape index (κ3) is 1.96. The van der Waals surface area contributed by atoms with Gasteiger partial charge >= 0.3 is 0 Å². The maximum atomic E-state index is 12.7. The van der Waals surface area contributed by atoms with Crippen LogP contribution in [0, 0.1) is 0 Å². The van der Waals surface area contributed by atoms with E-state index in [0.29, 0.717) is 0 Å². The molecule has 24 heavy (non-hydrogen) atoms. The van der Waals surface area contributed by atoms with Crippen LogP contribution in [0.4, 0.5) is 0 Å². The Morgan fingerprint density at radius 3 is 2.17 bits per heavy atom. The molecule has 0 atom stereocenters. The molecule has 8 nitrogen and oxygen atoms in total. The number of phenols is 3. The predicted octanol–water partition coefficient (Wildman–Crippen LogP) is 2.09. The van der Waals surface area contributed by atoms with Gasteiger partial charge in [0.25, 0.3) is 0 Å². The molecule has 3 aromatic rings. The maximum absolute atomic E-state index is 12.7. The minimum absolute atomic E-state index is 0.00513. The highest BCUT2D eigenvalue weighted by Crippen LogP contribution is 2.45. The molecule has 0 aliphatic rings. The van der Waals surface area contributed by atoms with Crippen LogP contribution in [0.1, 0.15) is 0 Å². The summed E-state index contributed by atoms with van der Waals surface area (Å²) >= 11 is 0. The van der Waals surface area contributed by atoms with Gasteiger partial charge in [-0.3, -0.25) is 4.79 Å². The molecule has 2 aromatic carbocycles. The van der Waals surface area contributed by atoms with Crippen molar-refractivity contribution in [3.8, 4) is 34.5 Å². The fourth-order valence-corrected chi connectivity index (χ4v) is 2.59. The van der Waals surface area contributed by atoms with Crippen LogP contribution in [-0.4, -0.2) is 36.6 Å². The van der Waals surface area contributed by atoms with Crippen LogP contribution in [0.3, 0.4) is 0 Å². The van der Waals surface area contributed by atoms with Gasteiger partial charge in [-0.2, -0.15) is 0 Å². The molecule has 3 rings (SSSR count). The van der Waals surface area contributed by atoms with E-state index in [1.807, 2.05) is 0 Å². The minimum Gasteiger partial charge on any atom is -0.504 e. The molecule has 0 radical (unpaired) electrons. The van der Waals surface area contributed by atoms with E-state index in [9.17, 15) is 20.1 Å². The Kier molecular flexibility index (Phi) is 3.52. The highest BCUT2D eigenvalue weighted by Gasteiger charge is 2.23. The SMILES string of the molecule is COc1cc2c(=O)c3c(O)c(OC)c(O)cc3oc2c(O)c1OC. The molecule has 0 saturated heterocycles. The fourth-order valence-electron chi connectivity index (χ4n) is 2.59. The van der Waals surface area contributed by atoms with Gasteiger partial charge in [0, 0.05) is 6.07 Å². The molecule has 0 bridgehead atoms. The number of fused-ring (bicyclic) bond motifs is 2. The second kappa shape index (κ2) is 5.41. The summed E-state index contributed by atoms with van der Waals surface area (Å²) in [5.74, 6) is -1.53.